The van der Waals surface area contributed by atoms with Gasteiger partial charge in [0.25, 0.3) is 5.89 Å². The van der Waals surface area contributed by atoms with Crippen LogP contribution in [0.15, 0.2) is 28.8 Å². The molecule has 1 unspecified atom stereocenters. The van der Waals surface area contributed by atoms with E-state index in [0.29, 0.717) is 16.7 Å². The van der Waals surface area contributed by atoms with Gasteiger partial charge in [-0.3, -0.25) is 4.79 Å². The Morgan fingerprint density at radius 3 is 2.87 bits per heavy atom. The summed E-state index contributed by atoms with van der Waals surface area (Å²) in [5.74, 6) is 0.850. The highest BCUT2D eigenvalue weighted by Crippen LogP contribution is 2.21. The Hall–Kier alpha value is -1.92. The van der Waals surface area contributed by atoms with Crippen LogP contribution in [0.25, 0.3) is 11.5 Å². The zero-order chi connectivity index (χ0) is 16.2. The Bertz CT molecular complexity index is 665. The third-order valence-corrected chi connectivity index (χ3v) is 4.16. The quantitative estimate of drug-likeness (QED) is 0.898. The van der Waals surface area contributed by atoms with Gasteiger partial charge in [-0.05, 0) is 50.6 Å². The predicted molar refractivity (Wildman–Crippen MR) is 86.9 cm³/mol. The predicted octanol–water partition coefficient (Wildman–Crippen LogP) is 2.71. The van der Waals surface area contributed by atoms with Crippen molar-refractivity contribution >= 4 is 17.5 Å². The molecule has 23 heavy (non-hydrogen) atoms. The fourth-order valence-electron chi connectivity index (χ4n) is 2.57. The number of aromatic nitrogens is 2. The molecule has 0 saturated carbocycles. The van der Waals surface area contributed by atoms with Crippen LogP contribution in [0.4, 0.5) is 0 Å². The molecule has 1 aromatic carbocycles. The van der Waals surface area contributed by atoms with Crippen molar-refractivity contribution < 1.29 is 9.32 Å². The van der Waals surface area contributed by atoms with E-state index < -0.39 is 0 Å². The van der Waals surface area contributed by atoms with Crippen LogP contribution < -0.4 is 10.6 Å². The number of carbonyl (C=O) groups excluding carboxylic acids is 1. The molecule has 1 amide bonds. The lowest BCUT2D eigenvalue weighted by atomic mass is 10.0. The van der Waals surface area contributed by atoms with Crippen molar-refractivity contribution in [2.45, 2.75) is 38.3 Å². The Kier molecular flexibility index (Phi) is 4.93. The number of hydrogen-bond acceptors (Lipinski definition) is 5. The lowest BCUT2D eigenvalue weighted by Gasteiger charge is -2.23. The largest absolute Gasteiger partial charge is 0.345 e. The summed E-state index contributed by atoms with van der Waals surface area (Å²) in [4.78, 5) is 16.6. The number of benzene rings is 1. The van der Waals surface area contributed by atoms with Gasteiger partial charge in [-0.1, -0.05) is 23.2 Å². The van der Waals surface area contributed by atoms with Gasteiger partial charge in [-0.15, -0.1) is 0 Å². The number of nitrogens with one attached hydrogen (secondary N) is 2. The van der Waals surface area contributed by atoms with Crippen LogP contribution in [0.3, 0.4) is 0 Å². The Labute approximate surface area is 139 Å². The van der Waals surface area contributed by atoms with Gasteiger partial charge >= 0.3 is 0 Å². The van der Waals surface area contributed by atoms with Crippen molar-refractivity contribution in [1.82, 2.24) is 20.8 Å². The monoisotopic (exact) mass is 334 g/mol. The van der Waals surface area contributed by atoms with Crippen molar-refractivity contribution in [3.63, 3.8) is 0 Å². The minimum absolute atomic E-state index is 0.0185. The first kappa shape index (κ1) is 16.0. The molecule has 0 radical (unpaired) electrons. The van der Waals surface area contributed by atoms with E-state index in [9.17, 15) is 4.79 Å². The maximum atomic E-state index is 12.2. The standard InChI is InChI=1S/C16H19ClN4O2/c1-10(19-15(22)13-4-2-3-9-18-13)14-20-16(23-21-14)11-5-7-12(17)8-6-11/h5-8,10,13,18H,2-4,9H2,1H3,(H,19,22)/t10?,13-/m0/s1. The van der Waals surface area contributed by atoms with Gasteiger partial charge < -0.3 is 15.2 Å². The lowest BCUT2D eigenvalue weighted by molar-refractivity contribution is -0.124. The van der Waals surface area contributed by atoms with E-state index in [1.807, 2.05) is 19.1 Å². The Morgan fingerprint density at radius 2 is 2.17 bits per heavy atom. The zero-order valence-corrected chi connectivity index (χ0v) is 13.6. The van der Waals surface area contributed by atoms with E-state index in [1.165, 1.54) is 0 Å². The molecule has 7 heteroatoms. The van der Waals surface area contributed by atoms with Crippen molar-refractivity contribution in [2.24, 2.45) is 0 Å². The molecule has 1 aliphatic heterocycles. The van der Waals surface area contributed by atoms with E-state index >= 15 is 0 Å². The molecule has 2 N–H and O–H groups in total. The van der Waals surface area contributed by atoms with Gasteiger partial charge in [0.2, 0.25) is 5.91 Å². The first-order chi connectivity index (χ1) is 11.1. The van der Waals surface area contributed by atoms with Crippen LogP contribution in [0.5, 0.6) is 0 Å². The average molecular weight is 335 g/mol. The van der Waals surface area contributed by atoms with Crippen LogP contribution in [0.2, 0.25) is 5.02 Å². The first-order valence-electron chi connectivity index (χ1n) is 7.77. The number of halogens is 1. The highest BCUT2D eigenvalue weighted by atomic mass is 35.5. The lowest BCUT2D eigenvalue weighted by Crippen LogP contribution is -2.47. The van der Waals surface area contributed by atoms with Gasteiger partial charge in [0.15, 0.2) is 5.82 Å². The smallest absolute Gasteiger partial charge is 0.257 e. The van der Waals surface area contributed by atoms with Gasteiger partial charge in [-0.25, -0.2) is 0 Å². The number of piperidine rings is 1. The second-order valence-corrected chi connectivity index (χ2v) is 6.13. The average Bonchev–Trinajstić information content (AvgIpc) is 3.06. The van der Waals surface area contributed by atoms with Crippen molar-refractivity contribution in [3.8, 4) is 11.5 Å². The molecule has 2 aromatic rings. The van der Waals surface area contributed by atoms with Crippen molar-refractivity contribution in [2.75, 3.05) is 6.54 Å². The molecule has 1 aromatic heterocycles. The highest BCUT2D eigenvalue weighted by molar-refractivity contribution is 6.30. The minimum atomic E-state index is -0.309. The summed E-state index contributed by atoms with van der Waals surface area (Å²) in [6.45, 7) is 2.73. The van der Waals surface area contributed by atoms with E-state index in [4.69, 9.17) is 16.1 Å². The summed E-state index contributed by atoms with van der Waals surface area (Å²) in [7, 11) is 0. The molecule has 3 rings (SSSR count). The number of rotatable bonds is 4. The SMILES string of the molecule is CC(NC(=O)[C@@H]1CCCCN1)c1noc(-c2ccc(Cl)cc2)n1. The second-order valence-electron chi connectivity index (χ2n) is 5.70. The summed E-state index contributed by atoms with van der Waals surface area (Å²) >= 11 is 5.87. The van der Waals surface area contributed by atoms with Crippen molar-refractivity contribution in [1.29, 1.82) is 0 Å². The van der Waals surface area contributed by atoms with Gasteiger partial charge in [-0.2, -0.15) is 4.98 Å². The molecule has 0 bridgehead atoms. The Balaban J connectivity index is 1.64. The molecule has 1 fully saturated rings. The summed E-state index contributed by atoms with van der Waals surface area (Å²) in [5, 5.41) is 10.8. The van der Waals surface area contributed by atoms with Crippen LogP contribution in [0, 0.1) is 0 Å². The summed E-state index contributed by atoms with van der Waals surface area (Å²) in [6, 6.07) is 6.72. The third kappa shape index (κ3) is 3.89. The van der Waals surface area contributed by atoms with E-state index in [2.05, 4.69) is 20.8 Å². The maximum absolute atomic E-state index is 12.2. The molecule has 2 atom stereocenters. The zero-order valence-electron chi connectivity index (χ0n) is 12.9. The molecule has 1 saturated heterocycles. The van der Waals surface area contributed by atoms with E-state index in [1.54, 1.807) is 12.1 Å². The molecule has 0 aliphatic carbocycles. The summed E-state index contributed by atoms with van der Waals surface area (Å²) < 4.78 is 5.27. The molecule has 6 nitrogen and oxygen atoms in total. The second kappa shape index (κ2) is 7.10. The normalized spacial score (nSPS) is 19.3. The Morgan fingerprint density at radius 1 is 1.39 bits per heavy atom. The molecule has 122 valence electrons. The van der Waals surface area contributed by atoms with E-state index in [-0.39, 0.29) is 18.0 Å². The molecule has 0 spiro atoms. The van der Waals surface area contributed by atoms with E-state index in [0.717, 1.165) is 31.4 Å². The van der Waals surface area contributed by atoms with Crippen molar-refractivity contribution in [3.05, 3.63) is 35.1 Å². The minimum Gasteiger partial charge on any atom is -0.345 e. The molecule has 1 aliphatic rings. The summed E-state index contributed by atoms with van der Waals surface area (Å²) in [5.41, 5.74) is 0.792. The number of amides is 1. The van der Waals surface area contributed by atoms with Crippen LogP contribution in [0.1, 0.15) is 38.1 Å². The third-order valence-electron chi connectivity index (χ3n) is 3.91. The fraction of sp³-hybridized carbons (Fsp3) is 0.438. The highest BCUT2D eigenvalue weighted by Gasteiger charge is 2.24. The fourth-order valence-corrected chi connectivity index (χ4v) is 2.70. The van der Waals surface area contributed by atoms with Gasteiger partial charge in [0.1, 0.15) is 0 Å². The number of nitrogens with zero attached hydrogens (tertiary/aromatic N) is 2. The topological polar surface area (TPSA) is 80.0 Å². The van der Waals surface area contributed by atoms with Crippen LogP contribution >= 0.6 is 11.6 Å². The number of carbonyl (C=O) groups is 1. The van der Waals surface area contributed by atoms with Gasteiger partial charge in [0, 0.05) is 10.6 Å². The number of hydrogen-bond donors (Lipinski definition) is 2. The van der Waals surface area contributed by atoms with Gasteiger partial charge in [0.05, 0.1) is 12.1 Å². The molecule has 2 heterocycles. The maximum Gasteiger partial charge on any atom is 0.257 e. The first-order valence-corrected chi connectivity index (χ1v) is 8.14. The molecular formula is C16H19ClN4O2. The van der Waals surface area contributed by atoms with Crippen LogP contribution in [-0.4, -0.2) is 28.6 Å². The molecular weight excluding hydrogens is 316 g/mol. The summed E-state index contributed by atoms with van der Waals surface area (Å²) in [6.07, 6.45) is 3.05. The van der Waals surface area contributed by atoms with Crippen LogP contribution in [-0.2, 0) is 4.79 Å².